The molecule has 0 saturated heterocycles. The summed E-state index contributed by atoms with van der Waals surface area (Å²) in [5, 5.41) is 6.59. The molecular weight excluding hydrogens is 396 g/mol. The zero-order valence-electron chi connectivity index (χ0n) is 16.1. The van der Waals surface area contributed by atoms with E-state index in [1.165, 1.54) is 13.1 Å². The van der Waals surface area contributed by atoms with Gasteiger partial charge in [-0.05, 0) is 42.5 Å². The number of anilines is 1. The third kappa shape index (κ3) is 4.91. The summed E-state index contributed by atoms with van der Waals surface area (Å²) in [7, 11) is -0.417. The summed E-state index contributed by atoms with van der Waals surface area (Å²) >= 11 is 0. The topological polar surface area (TPSA) is 115 Å². The highest BCUT2D eigenvalue weighted by molar-refractivity contribution is 7.92. The number of carbonyl (C=O) groups excluding carboxylic acids is 1. The molecule has 0 fully saturated rings. The Morgan fingerprint density at radius 2 is 1.93 bits per heavy atom. The molecule has 1 N–H and O–H groups in total. The van der Waals surface area contributed by atoms with Crippen molar-refractivity contribution >= 4 is 21.6 Å². The number of methoxy groups -OCH3 is 1. The zero-order chi connectivity index (χ0) is 21.0. The minimum atomic E-state index is -3.42. The maximum absolute atomic E-state index is 12.4. The molecule has 152 valence electrons. The van der Waals surface area contributed by atoms with Gasteiger partial charge >= 0.3 is 0 Å². The molecule has 9 nitrogen and oxygen atoms in total. The van der Waals surface area contributed by atoms with Crippen LogP contribution in [0.25, 0.3) is 11.4 Å². The molecule has 29 heavy (non-hydrogen) atoms. The molecule has 1 heterocycles. The Kier molecular flexibility index (Phi) is 5.83. The largest absolute Gasteiger partial charge is 0.497 e. The highest BCUT2D eigenvalue weighted by atomic mass is 32.2. The average molecular weight is 416 g/mol. The molecule has 0 aliphatic rings. The van der Waals surface area contributed by atoms with Gasteiger partial charge in [0.15, 0.2) is 0 Å². The van der Waals surface area contributed by atoms with E-state index in [1.807, 2.05) is 0 Å². The van der Waals surface area contributed by atoms with Gasteiger partial charge in [-0.15, -0.1) is 0 Å². The molecule has 0 bridgehead atoms. The molecule has 0 spiro atoms. The number of amides is 1. The van der Waals surface area contributed by atoms with Crippen molar-refractivity contribution in [2.24, 2.45) is 0 Å². The van der Waals surface area contributed by atoms with Crippen LogP contribution in [-0.4, -0.2) is 44.9 Å². The summed E-state index contributed by atoms with van der Waals surface area (Å²) in [5.41, 5.74) is 1.45. The van der Waals surface area contributed by atoms with Crippen molar-refractivity contribution in [3.63, 3.8) is 0 Å². The number of carbonyl (C=O) groups is 1. The third-order valence-corrected chi connectivity index (χ3v) is 5.39. The van der Waals surface area contributed by atoms with Crippen molar-refractivity contribution in [3.8, 4) is 17.1 Å². The number of nitrogens with zero attached hydrogens (tertiary/aromatic N) is 3. The second-order valence-electron chi connectivity index (χ2n) is 6.20. The van der Waals surface area contributed by atoms with E-state index >= 15 is 0 Å². The molecule has 0 aliphatic heterocycles. The number of nitrogens with one attached hydrogen (secondary N) is 1. The second-order valence-corrected chi connectivity index (χ2v) is 8.22. The number of aromatic nitrogens is 2. The first kappa shape index (κ1) is 20.3. The third-order valence-electron chi connectivity index (χ3n) is 4.19. The minimum absolute atomic E-state index is 0.0358. The molecule has 0 radical (unpaired) electrons. The smallest absolute Gasteiger partial charge is 0.251 e. The Labute approximate surface area is 168 Å². The van der Waals surface area contributed by atoms with Crippen molar-refractivity contribution < 1.29 is 22.5 Å². The zero-order valence-corrected chi connectivity index (χ0v) is 16.9. The Balaban J connectivity index is 1.66. The first-order valence-electron chi connectivity index (χ1n) is 8.57. The standard InChI is InChI=1S/C19H20N4O5S/c1-23(29(3,25)26)15-6-4-5-14(11-15)19(24)20-12-17-21-18(22-28-17)13-7-9-16(27-2)10-8-13/h4-11H,12H2,1-3H3,(H,20,24). The maximum atomic E-state index is 12.4. The summed E-state index contributed by atoms with van der Waals surface area (Å²) in [4.78, 5) is 16.7. The summed E-state index contributed by atoms with van der Waals surface area (Å²) in [6.07, 6.45) is 1.09. The van der Waals surface area contributed by atoms with E-state index in [0.29, 0.717) is 22.8 Å². The van der Waals surface area contributed by atoms with Crippen LogP contribution in [0, 0.1) is 0 Å². The van der Waals surface area contributed by atoms with Crippen LogP contribution in [0.5, 0.6) is 5.75 Å². The van der Waals surface area contributed by atoms with Gasteiger partial charge in [0.25, 0.3) is 5.91 Å². The van der Waals surface area contributed by atoms with Gasteiger partial charge in [-0.2, -0.15) is 4.98 Å². The predicted octanol–water partition coefficient (Wildman–Crippen LogP) is 2.07. The van der Waals surface area contributed by atoms with E-state index < -0.39 is 15.9 Å². The van der Waals surface area contributed by atoms with Gasteiger partial charge in [0.2, 0.25) is 21.7 Å². The van der Waals surface area contributed by atoms with Crippen LogP contribution in [0.1, 0.15) is 16.2 Å². The van der Waals surface area contributed by atoms with E-state index in [-0.39, 0.29) is 12.4 Å². The highest BCUT2D eigenvalue weighted by Crippen LogP contribution is 2.20. The first-order chi connectivity index (χ1) is 13.8. The molecule has 3 aromatic rings. The predicted molar refractivity (Wildman–Crippen MR) is 107 cm³/mol. The number of hydrogen-bond acceptors (Lipinski definition) is 7. The van der Waals surface area contributed by atoms with Crippen LogP contribution in [0.3, 0.4) is 0 Å². The highest BCUT2D eigenvalue weighted by Gasteiger charge is 2.15. The molecule has 0 aliphatic carbocycles. The van der Waals surface area contributed by atoms with Gasteiger partial charge < -0.3 is 14.6 Å². The Morgan fingerprint density at radius 1 is 1.21 bits per heavy atom. The van der Waals surface area contributed by atoms with Gasteiger partial charge in [0.1, 0.15) is 5.75 Å². The van der Waals surface area contributed by atoms with Crippen molar-refractivity contribution in [2.75, 3.05) is 24.7 Å². The molecule has 1 aromatic heterocycles. The van der Waals surface area contributed by atoms with Gasteiger partial charge in [-0.1, -0.05) is 11.2 Å². The van der Waals surface area contributed by atoms with E-state index in [0.717, 1.165) is 16.1 Å². The van der Waals surface area contributed by atoms with Gasteiger partial charge in [0, 0.05) is 18.2 Å². The molecule has 0 atom stereocenters. The van der Waals surface area contributed by atoms with Gasteiger partial charge in [0.05, 0.1) is 25.6 Å². The monoisotopic (exact) mass is 416 g/mol. The number of rotatable bonds is 7. The lowest BCUT2D eigenvalue weighted by Crippen LogP contribution is -2.26. The summed E-state index contributed by atoms with van der Waals surface area (Å²) < 4.78 is 34.7. The Morgan fingerprint density at radius 3 is 2.59 bits per heavy atom. The molecule has 3 rings (SSSR count). The Bertz CT molecular complexity index is 1110. The number of sulfonamides is 1. The minimum Gasteiger partial charge on any atom is -0.497 e. The molecule has 0 unspecified atom stereocenters. The number of ether oxygens (including phenoxy) is 1. The van der Waals surface area contributed by atoms with Gasteiger partial charge in [-0.3, -0.25) is 9.10 Å². The fourth-order valence-corrected chi connectivity index (χ4v) is 2.97. The molecule has 0 saturated carbocycles. The van der Waals surface area contributed by atoms with E-state index in [2.05, 4.69) is 15.5 Å². The lowest BCUT2D eigenvalue weighted by Gasteiger charge is -2.17. The van der Waals surface area contributed by atoms with Crippen LogP contribution in [0.2, 0.25) is 0 Å². The summed E-state index contributed by atoms with van der Waals surface area (Å²) in [5.74, 6) is 0.966. The van der Waals surface area contributed by atoms with E-state index in [4.69, 9.17) is 9.26 Å². The quantitative estimate of drug-likeness (QED) is 0.627. The fraction of sp³-hybridized carbons (Fsp3) is 0.211. The SMILES string of the molecule is COc1ccc(-c2noc(CNC(=O)c3cccc(N(C)S(C)(=O)=O)c3)n2)cc1. The van der Waals surface area contributed by atoms with Crippen molar-refractivity contribution in [1.29, 1.82) is 0 Å². The van der Waals surface area contributed by atoms with Crippen molar-refractivity contribution in [3.05, 3.63) is 60.0 Å². The lowest BCUT2D eigenvalue weighted by molar-refractivity contribution is 0.0946. The lowest BCUT2D eigenvalue weighted by atomic mass is 10.2. The number of hydrogen-bond donors (Lipinski definition) is 1. The second kappa shape index (κ2) is 8.31. The molecule has 10 heteroatoms. The molecular formula is C19H20N4O5S. The average Bonchev–Trinajstić information content (AvgIpc) is 3.20. The Hall–Kier alpha value is -3.40. The van der Waals surface area contributed by atoms with Crippen LogP contribution < -0.4 is 14.4 Å². The number of benzene rings is 2. The van der Waals surface area contributed by atoms with Crippen LogP contribution in [0.15, 0.2) is 53.1 Å². The van der Waals surface area contributed by atoms with Gasteiger partial charge in [-0.25, -0.2) is 8.42 Å². The maximum Gasteiger partial charge on any atom is 0.251 e. The van der Waals surface area contributed by atoms with Crippen molar-refractivity contribution in [2.45, 2.75) is 6.54 Å². The molecule has 2 aromatic carbocycles. The normalized spacial score (nSPS) is 11.1. The molecule has 1 amide bonds. The van der Waals surface area contributed by atoms with Crippen LogP contribution in [-0.2, 0) is 16.6 Å². The fourth-order valence-electron chi connectivity index (χ4n) is 2.48. The van der Waals surface area contributed by atoms with E-state index in [1.54, 1.807) is 49.6 Å². The van der Waals surface area contributed by atoms with Crippen molar-refractivity contribution in [1.82, 2.24) is 15.5 Å². The summed E-state index contributed by atoms with van der Waals surface area (Å²) in [6, 6.07) is 13.5. The summed E-state index contributed by atoms with van der Waals surface area (Å²) in [6.45, 7) is 0.0358. The first-order valence-corrected chi connectivity index (χ1v) is 10.4. The van der Waals surface area contributed by atoms with Crippen LogP contribution >= 0.6 is 0 Å². The van der Waals surface area contributed by atoms with Crippen LogP contribution in [0.4, 0.5) is 5.69 Å². The van der Waals surface area contributed by atoms with E-state index in [9.17, 15) is 13.2 Å².